The maximum atomic E-state index is 12.3. The van der Waals surface area contributed by atoms with Crippen LogP contribution in [0.3, 0.4) is 0 Å². The van der Waals surface area contributed by atoms with Crippen molar-refractivity contribution in [2.24, 2.45) is 5.92 Å². The second kappa shape index (κ2) is 6.84. The monoisotopic (exact) mass is 328 g/mol. The van der Waals surface area contributed by atoms with Crippen LogP contribution >= 0.6 is 11.6 Å². The molecule has 23 heavy (non-hydrogen) atoms. The molecular formula is C18H17ClN2O2. The molecule has 1 aliphatic rings. The van der Waals surface area contributed by atoms with Gasteiger partial charge >= 0.3 is 0 Å². The Hall–Kier alpha value is -2.33. The second-order valence-electron chi connectivity index (χ2n) is 5.66. The highest BCUT2D eigenvalue weighted by Gasteiger charge is 2.34. The summed E-state index contributed by atoms with van der Waals surface area (Å²) < 4.78 is 0. The minimum absolute atomic E-state index is 0.0140. The molecule has 1 N–H and O–H groups in total. The highest BCUT2D eigenvalue weighted by molar-refractivity contribution is 6.30. The minimum Gasteiger partial charge on any atom is -0.338 e. The summed E-state index contributed by atoms with van der Waals surface area (Å²) in [5.74, 6) is -0.457. The van der Waals surface area contributed by atoms with Gasteiger partial charge in [-0.15, -0.1) is 0 Å². The Morgan fingerprint density at radius 2 is 1.96 bits per heavy atom. The first-order chi connectivity index (χ1) is 11.1. The molecule has 118 valence electrons. The summed E-state index contributed by atoms with van der Waals surface area (Å²) in [7, 11) is 0. The van der Waals surface area contributed by atoms with Crippen molar-refractivity contribution in [3.05, 3.63) is 65.2 Å². The molecule has 2 amide bonds. The predicted octanol–water partition coefficient (Wildman–Crippen LogP) is 3.33. The maximum absolute atomic E-state index is 12.3. The number of amides is 2. The van der Waals surface area contributed by atoms with E-state index in [9.17, 15) is 9.59 Å². The Labute approximate surface area is 140 Å². The van der Waals surface area contributed by atoms with Crippen molar-refractivity contribution in [1.82, 2.24) is 4.90 Å². The third-order valence-corrected chi connectivity index (χ3v) is 4.13. The number of carbonyl (C=O) groups is 2. The zero-order chi connectivity index (χ0) is 16.2. The molecule has 1 atom stereocenters. The molecule has 3 rings (SSSR count). The normalized spacial score (nSPS) is 17.3. The SMILES string of the molecule is O=C(Nc1cccc(Cl)c1)[C@H]1CC(=O)N(Cc2ccccc2)C1. The van der Waals surface area contributed by atoms with Crippen LogP contribution in [0.15, 0.2) is 54.6 Å². The highest BCUT2D eigenvalue weighted by Crippen LogP contribution is 2.22. The van der Waals surface area contributed by atoms with Gasteiger partial charge in [0, 0.05) is 30.2 Å². The Kier molecular flexibility index (Phi) is 4.63. The average molecular weight is 329 g/mol. The molecule has 4 nitrogen and oxygen atoms in total. The summed E-state index contributed by atoms with van der Waals surface area (Å²) in [4.78, 5) is 26.2. The molecule has 0 aromatic heterocycles. The van der Waals surface area contributed by atoms with Crippen molar-refractivity contribution < 1.29 is 9.59 Å². The van der Waals surface area contributed by atoms with Gasteiger partial charge < -0.3 is 10.2 Å². The van der Waals surface area contributed by atoms with Crippen LogP contribution in [0.25, 0.3) is 0 Å². The van der Waals surface area contributed by atoms with Gasteiger partial charge in [0.25, 0.3) is 0 Å². The van der Waals surface area contributed by atoms with Crippen LogP contribution in [0.2, 0.25) is 5.02 Å². The molecule has 1 heterocycles. The van der Waals surface area contributed by atoms with E-state index >= 15 is 0 Å². The van der Waals surface area contributed by atoms with E-state index in [1.165, 1.54) is 0 Å². The minimum atomic E-state index is -0.329. The molecule has 1 saturated heterocycles. The molecule has 0 bridgehead atoms. The van der Waals surface area contributed by atoms with Crippen molar-refractivity contribution in [2.45, 2.75) is 13.0 Å². The number of anilines is 1. The molecule has 5 heteroatoms. The summed E-state index contributed by atoms with van der Waals surface area (Å²) in [6.07, 6.45) is 0.249. The molecule has 2 aromatic carbocycles. The van der Waals surface area contributed by atoms with E-state index in [1.54, 1.807) is 29.2 Å². The van der Waals surface area contributed by atoms with E-state index in [0.717, 1.165) is 5.56 Å². The number of benzene rings is 2. The van der Waals surface area contributed by atoms with Gasteiger partial charge in [-0.3, -0.25) is 9.59 Å². The van der Waals surface area contributed by atoms with Crippen molar-refractivity contribution in [1.29, 1.82) is 0 Å². The van der Waals surface area contributed by atoms with E-state index in [2.05, 4.69) is 5.32 Å². The first-order valence-electron chi connectivity index (χ1n) is 7.50. The summed E-state index contributed by atoms with van der Waals surface area (Å²) in [6.45, 7) is 0.987. The van der Waals surface area contributed by atoms with Crippen LogP contribution < -0.4 is 5.32 Å². The van der Waals surface area contributed by atoms with E-state index in [4.69, 9.17) is 11.6 Å². The van der Waals surface area contributed by atoms with Gasteiger partial charge in [-0.2, -0.15) is 0 Å². The molecule has 0 aliphatic carbocycles. The van der Waals surface area contributed by atoms with E-state index in [1.807, 2.05) is 30.3 Å². The van der Waals surface area contributed by atoms with E-state index < -0.39 is 0 Å². The molecule has 0 unspecified atom stereocenters. The van der Waals surface area contributed by atoms with Crippen LogP contribution in [0.5, 0.6) is 0 Å². The van der Waals surface area contributed by atoms with Crippen molar-refractivity contribution in [3.63, 3.8) is 0 Å². The Morgan fingerprint density at radius 1 is 1.17 bits per heavy atom. The third-order valence-electron chi connectivity index (χ3n) is 3.89. The topological polar surface area (TPSA) is 49.4 Å². The fourth-order valence-corrected chi connectivity index (χ4v) is 2.91. The Morgan fingerprint density at radius 3 is 2.70 bits per heavy atom. The van der Waals surface area contributed by atoms with Crippen LogP contribution in [0, 0.1) is 5.92 Å². The van der Waals surface area contributed by atoms with E-state index in [0.29, 0.717) is 23.8 Å². The molecule has 1 aliphatic heterocycles. The number of nitrogens with zero attached hydrogens (tertiary/aromatic N) is 1. The van der Waals surface area contributed by atoms with Crippen LogP contribution in [0.1, 0.15) is 12.0 Å². The first kappa shape index (κ1) is 15.6. The number of hydrogen-bond acceptors (Lipinski definition) is 2. The maximum Gasteiger partial charge on any atom is 0.229 e. The highest BCUT2D eigenvalue weighted by atomic mass is 35.5. The quantitative estimate of drug-likeness (QED) is 0.936. The van der Waals surface area contributed by atoms with Gasteiger partial charge in [-0.1, -0.05) is 48.0 Å². The predicted molar refractivity (Wildman–Crippen MR) is 90.0 cm³/mol. The summed E-state index contributed by atoms with van der Waals surface area (Å²) in [5.41, 5.74) is 1.72. The van der Waals surface area contributed by atoms with Crippen LogP contribution in [-0.4, -0.2) is 23.3 Å². The van der Waals surface area contributed by atoms with Crippen molar-refractivity contribution in [2.75, 3.05) is 11.9 Å². The van der Waals surface area contributed by atoms with Crippen LogP contribution in [0.4, 0.5) is 5.69 Å². The van der Waals surface area contributed by atoms with E-state index in [-0.39, 0.29) is 24.2 Å². The Bertz CT molecular complexity index is 718. The Balaban J connectivity index is 1.61. The fraction of sp³-hybridized carbons (Fsp3) is 0.222. The summed E-state index contributed by atoms with van der Waals surface area (Å²) in [6, 6.07) is 16.8. The molecular weight excluding hydrogens is 312 g/mol. The lowest BCUT2D eigenvalue weighted by molar-refractivity contribution is -0.128. The van der Waals surface area contributed by atoms with Gasteiger partial charge in [0.15, 0.2) is 0 Å². The largest absolute Gasteiger partial charge is 0.338 e. The standard InChI is InChI=1S/C18H17ClN2O2/c19-15-7-4-8-16(10-15)20-18(23)14-9-17(22)21(12-14)11-13-5-2-1-3-6-13/h1-8,10,14H,9,11-12H2,(H,20,23)/t14-/m0/s1. The molecule has 0 radical (unpaired) electrons. The lowest BCUT2D eigenvalue weighted by atomic mass is 10.1. The molecule has 0 saturated carbocycles. The molecule has 1 fully saturated rings. The zero-order valence-electron chi connectivity index (χ0n) is 12.5. The zero-order valence-corrected chi connectivity index (χ0v) is 13.3. The second-order valence-corrected chi connectivity index (χ2v) is 6.10. The summed E-state index contributed by atoms with van der Waals surface area (Å²) in [5, 5.41) is 3.39. The first-order valence-corrected chi connectivity index (χ1v) is 7.88. The lowest BCUT2D eigenvalue weighted by Crippen LogP contribution is -2.28. The number of rotatable bonds is 4. The van der Waals surface area contributed by atoms with Gasteiger partial charge in [0.2, 0.25) is 11.8 Å². The van der Waals surface area contributed by atoms with Crippen molar-refractivity contribution >= 4 is 29.1 Å². The fourth-order valence-electron chi connectivity index (χ4n) is 2.71. The third kappa shape index (κ3) is 3.90. The lowest BCUT2D eigenvalue weighted by Gasteiger charge is -2.16. The van der Waals surface area contributed by atoms with Gasteiger partial charge in [0.05, 0.1) is 5.92 Å². The number of nitrogens with one attached hydrogen (secondary N) is 1. The summed E-state index contributed by atoms with van der Waals surface area (Å²) >= 11 is 5.91. The van der Waals surface area contributed by atoms with Gasteiger partial charge in [0.1, 0.15) is 0 Å². The molecule has 2 aromatic rings. The van der Waals surface area contributed by atoms with Gasteiger partial charge in [-0.05, 0) is 23.8 Å². The number of hydrogen-bond donors (Lipinski definition) is 1. The average Bonchev–Trinajstić information content (AvgIpc) is 2.89. The number of carbonyl (C=O) groups excluding carboxylic acids is 2. The van der Waals surface area contributed by atoms with Gasteiger partial charge in [-0.25, -0.2) is 0 Å². The molecule has 0 spiro atoms. The number of halogens is 1. The smallest absolute Gasteiger partial charge is 0.229 e. The number of likely N-dealkylation sites (tertiary alicyclic amines) is 1. The van der Waals surface area contributed by atoms with Crippen molar-refractivity contribution in [3.8, 4) is 0 Å². The van der Waals surface area contributed by atoms with Crippen LogP contribution in [-0.2, 0) is 16.1 Å².